The minimum absolute atomic E-state index is 0.239. The molecule has 4 rings (SSSR count). The predicted octanol–water partition coefficient (Wildman–Crippen LogP) is 4.53. The third-order valence-electron chi connectivity index (χ3n) is 4.45. The van der Waals surface area contributed by atoms with E-state index in [1.54, 1.807) is 0 Å². The molecule has 0 saturated heterocycles. The molecule has 2 aromatic heterocycles. The van der Waals surface area contributed by atoms with Gasteiger partial charge in [-0.3, -0.25) is 9.89 Å². The lowest BCUT2D eigenvalue weighted by Crippen LogP contribution is -2.07. The first-order valence-corrected chi connectivity index (χ1v) is 8.95. The summed E-state index contributed by atoms with van der Waals surface area (Å²) in [4.78, 5) is 16.2. The van der Waals surface area contributed by atoms with E-state index in [9.17, 15) is 4.79 Å². The predicted molar refractivity (Wildman–Crippen MR) is 107 cm³/mol. The fourth-order valence-corrected chi connectivity index (χ4v) is 2.96. The summed E-state index contributed by atoms with van der Waals surface area (Å²) < 4.78 is 0. The summed E-state index contributed by atoms with van der Waals surface area (Å²) >= 11 is 0. The molecule has 2 heterocycles. The Kier molecular flexibility index (Phi) is 4.46. The molecule has 6 nitrogen and oxygen atoms in total. The second-order valence-electron chi connectivity index (χ2n) is 6.80. The van der Waals surface area contributed by atoms with Gasteiger partial charge in [0.1, 0.15) is 5.82 Å². The second kappa shape index (κ2) is 7.07. The summed E-state index contributed by atoms with van der Waals surface area (Å²) in [5, 5.41) is 13.5. The number of carbonyl (C=O) groups is 1. The molecule has 3 N–H and O–H groups in total. The molecule has 0 bridgehead atoms. The normalized spacial score (nSPS) is 13.2. The van der Waals surface area contributed by atoms with Gasteiger partial charge in [-0.15, -0.1) is 0 Å². The number of H-pyrrole nitrogens is 1. The standard InChI is InChI=1S/C21H21N5O/c1-3-21(27)22-16-6-4-5-15(11-16)17-9-13(2)10-19(23-17)24-20-12-18(25-26-20)14-7-8-14/h3-6,9-12,14H,1,7-8H2,2H3,(H,22,27)(H2,23,24,25,26). The van der Waals surface area contributed by atoms with Gasteiger partial charge in [0.15, 0.2) is 5.82 Å². The maximum absolute atomic E-state index is 11.5. The first-order chi connectivity index (χ1) is 13.1. The Morgan fingerprint density at radius 3 is 2.85 bits per heavy atom. The highest BCUT2D eigenvalue weighted by molar-refractivity contribution is 5.99. The van der Waals surface area contributed by atoms with Gasteiger partial charge in [0.2, 0.25) is 5.91 Å². The van der Waals surface area contributed by atoms with Gasteiger partial charge >= 0.3 is 0 Å². The quantitative estimate of drug-likeness (QED) is 0.565. The summed E-state index contributed by atoms with van der Waals surface area (Å²) in [5.74, 6) is 1.90. The third-order valence-corrected chi connectivity index (χ3v) is 4.45. The van der Waals surface area contributed by atoms with Gasteiger partial charge in [-0.05, 0) is 55.7 Å². The Morgan fingerprint density at radius 1 is 1.22 bits per heavy atom. The van der Waals surface area contributed by atoms with Gasteiger partial charge in [-0.25, -0.2) is 4.98 Å². The molecular weight excluding hydrogens is 338 g/mol. The number of nitrogens with one attached hydrogen (secondary N) is 3. The van der Waals surface area contributed by atoms with Crippen molar-refractivity contribution in [2.75, 3.05) is 10.6 Å². The minimum atomic E-state index is -0.239. The average molecular weight is 359 g/mol. The summed E-state index contributed by atoms with van der Waals surface area (Å²) in [6, 6.07) is 13.6. The van der Waals surface area contributed by atoms with Crippen LogP contribution in [0.15, 0.2) is 55.1 Å². The van der Waals surface area contributed by atoms with E-state index in [4.69, 9.17) is 4.98 Å². The molecule has 0 atom stereocenters. The molecule has 1 aliphatic carbocycles. The first kappa shape index (κ1) is 17.0. The van der Waals surface area contributed by atoms with Gasteiger partial charge in [-0.1, -0.05) is 18.7 Å². The molecule has 1 fully saturated rings. The van der Waals surface area contributed by atoms with Crippen LogP contribution in [0.1, 0.15) is 30.0 Å². The van der Waals surface area contributed by atoms with Crippen molar-refractivity contribution in [3.05, 3.63) is 66.4 Å². The molecule has 3 aromatic rings. The summed E-state index contributed by atoms with van der Waals surface area (Å²) in [5.41, 5.74) is 4.71. The van der Waals surface area contributed by atoms with E-state index in [1.807, 2.05) is 49.4 Å². The van der Waals surface area contributed by atoms with E-state index >= 15 is 0 Å². The van der Waals surface area contributed by atoms with E-state index in [-0.39, 0.29) is 5.91 Å². The number of hydrogen-bond donors (Lipinski definition) is 3. The molecule has 27 heavy (non-hydrogen) atoms. The van der Waals surface area contributed by atoms with Crippen LogP contribution in [-0.2, 0) is 4.79 Å². The molecule has 1 amide bonds. The van der Waals surface area contributed by atoms with Crippen molar-refractivity contribution in [2.24, 2.45) is 0 Å². The highest BCUT2D eigenvalue weighted by atomic mass is 16.1. The molecule has 0 unspecified atom stereocenters. The van der Waals surface area contributed by atoms with E-state index in [1.165, 1.54) is 24.6 Å². The molecular formula is C21H21N5O. The van der Waals surface area contributed by atoms with Crippen LogP contribution >= 0.6 is 0 Å². The number of pyridine rings is 1. The van der Waals surface area contributed by atoms with Gasteiger partial charge in [0, 0.05) is 28.9 Å². The van der Waals surface area contributed by atoms with Gasteiger partial charge in [0.05, 0.1) is 5.69 Å². The number of aryl methyl sites for hydroxylation is 1. The zero-order valence-electron chi connectivity index (χ0n) is 15.1. The van der Waals surface area contributed by atoms with Crippen molar-refractivity contribution >= 4 is 23.2 Å². The molecule has 0 aliphatic heterocycles. The number of aromatic amines is 1. The third kappa shape index (κ3) is 4.06. The first-order valence-electron chi connectivity index (χ1n) is 8.95. The van der Waals surface area contributed by atoms with Crippen LogP contribution in [0.25, 0.3) is 11.3 Å². The van der Waals surface area contributed by atoms with Crippen LogP contribution in [0, 0.1) is 6.92 Å². The van der Waals surface area contributed by atoms with Crippen molar-refractivity contribution in [3.8, 4) is 11.3 Å². The SMILES string of the molecule is C=CC(=O)Nc1cccc(-c2cc(C)cc(Nc3cc(C4CC4)[nH]n3)n2)c1. The number of rotatable bonds is 6. The average Bonchev–Trinajstić information content (AvgIpc) is 3.41. The maximum atomic E-state index is 11.5. The van der Waals surface area contributed by atoms with E-state index < -0.39 is 0 Å². The van der Waals surface area contributed by atoms with E-state index in [0.29, 0.717) is 11.6 Å². The molecule has 0 radical (unpaired) electrons. The lowest BCUT2D eigenvalue weighted by atomic mass is 10.1. The van der Waals surface area contributed by atoms with Crippen LogP contribution in [0.2, 0.25) is 0 Å². The summed E-state index contributed by atoms with van der Waals surface area (Å²) in [7, 11) is 0. The Bertz CT molecular complexity index is 1000. The zero-order valence-corrected chi connectivity index (χ0v) is 15.1. The Hall–Kier alpha value is -3.41. The highest BCUT2D eigenvalue weighted by Crippen LogP contribution is 2.39. The number of aromatic nitrogens is 3. The Morgan fingerprint density at radius 2 is 2.07 bits per heavy atom. The number of benzene rings is 1. The number of carbonyl (C=O) groups excluding carboxylic acids is 1. The number of anilines is 3. The maximum Gasteiger partial charge on any atom is 0.247 e. The summed E-state index contributed by atoms with van der Waals surface area (Å²) in [6.07, 6.45) is 3.71. The van der Waals surface area contributed by atoms with Crippen molar-refractivity contribution in [3.63, 3.8) is 0 Å². The molecule has 1 aliphatic rings. The number of nitrogens with zero attached hydrogens (tertiary/aromatic N) is 2. The monoisotopic (exact) mass is 359 g/mol. The van der Waals surface area contributed by atoms with Crippen LogP contribution in [0.3, 0.4) is 0 Å². The molecule has 1 saturated carbocycles. The molecule has 136 valence electrons. The topological polar surface area (TPSA) is 82.7 Å². The van der Waals surface area contributed by atoms with E-state index in [0.717, 1.165) is 28.5 Å². The van der Waals surface area contributed by atoms with Gasteiger partial charge in [0.25, 0.3) is 0 Å². The van der Waals surface area contributed by atoms with Crippen LogP contribution in [0.4, 0.5) is 17.3 Å². The largest absolute Gasteiger partial charge is 0.323 e. The fraction of sp³-hybridized carbons (Fsp3) is 0.190. The van der Waals surface area contributed by atoms with Crippen LogP contribution in [-0.4, -0.2) is 21.1 Å². The molecule has 6 heteroatoms. The molecule has 0 spiro atoms. The van der Waals surface area contributed by atoms with Crippen LogP contribution in [0.5, 0.6) is 0 Å². The number of amides is 1. The lowest BCUT2D eigenvalue weighted by Gasteiger charge is -2.09. The minimum Gasteiger partial charge on any atom is -0.323 e. The van der Waals surface area contributed by atoms with Gasteiger partial charge < -0.3 is 10.6 Å². The van der Waals surface area contributed by atoms with E-state index in [2.05, 4.69) is 27.4 Å². The Balaban J connectivity index is 1.58. The lowest BCUT2D eigenvalue weighted by molar-refractivity contribution is -0.111. The van der Waals surface area contributed by atoms with Crippen molar-refractivity contribution in [2.45, 2.75) is 25.7 Å². The van der Waals surface area contributed by atoms with Gasteiger partial charge in [-0.2, -0.15) is 5.10 Å². The van der Waals surface area contributed by atoms with Crippen LogP contribution < -0.4 is 10.6 Å². The summed E-state index contributed by atoms with van der Waals surface area (Å²) in [6.45, 7) is 5.50. The van der Waals surface area contributed by atoms with Crippen molar-refractivity contribution < 1.29 is 4.79 Å². The van der Waals surface area contributed by atoms with Crippen molar-refractivity contribution in [1.82, 2.24) is 15.2 Å². The fourth-order valence-electron chi connectivity index (χ4n) is 2.96. The number of hydrogen-bond acceptors (Lipinski definition) is 4. The smallest absolute Gasteiger partial charge is 0.247 e. The Labute approximate surface area is 157 Å². The molecule has 1 aromatic carbocycles. The highest BCUT2D eigenvalue weighted by Gasteiger charge is 2.25. The van der Waals surface area contributed by atoms with Crippen molar-refractivity contribution in [1.29, 1.82) is 0 Å². The zero-order chi connectivity index (χ0) is 18.8. The second-order valence-corrected chi connectivity index (χ2v) is 6.80.